The molecule has 0 spiro atoms. The molecule has 0 aliphatic carbocycles. The fourth-order valence-electron chi connectivity index (χ4n) is 5.24. The van der Waals surface area contributed by atoms with Gasteiger partial charge in [-0.2, -0.15) is 0 Å². The zero-order chi connectivity index (χ0) is 30.3. The molecule has 4 rings (SSSR count). The van der Waals surface area contributed by atoms with Crippen LogP contribution in [0.15, 0.2) is 103 Å². The van der Waals surface area contributed by atoms with Crippen molar-refractivity contribution in [2.24, 2.45) is 0 Å². The van der Waals surface area contributed by atoms with Crippen LogP contribution in [0.2, 0.25) is 0 Å². The Morgan fingerprint density at radius 2 is 1.55 bits per heavy atom. The summed E-state index contributed by atoms with van der Waals surface area (Å²) < 4.78 is 0. The van der Waals surface area contributed by atoms with Crippen LogP contribution < -0.4 is 5.32 Å². The van der Waals surface area contributed by atoms with E-state index in [1.165, 1.54) is 23.6 Å². The first-order chi connectivity index (χ1) is 20.4. The van der Waals surface area contributed by atoms with Crippen LogP contribution in [0.5, 0.6) is 0 Å². The molecular weight excluding hydrogens is 542 g/mol. The Morgan fingerprint density at radius 3 is 2.07 bits per heavy atom. The highest BCUT2D eigenvalue weighted by molar-refractivity contribution is 7.98. The number of carbonyl (C=O) groups excluding carboxylic acids is 2. The second-order valence-electron chi connectivity index (χ2n) is 10.4. The van der Waals surface area contributed by atoms with E-state index in [1.807, 2.05) is 41.4 Å². The van der Waals surface area contributed by atoms with Crippen LogP contribution in [0, 0.1) is 0 Å². The Balaban J connectivity index is 0.00000155. The average molecular weight is 588 g/mol. The summed E-state index contributed by atoms with van der Waals surface area (Å²) >= 11 is 1.67. The maximum absolute atomic E-state index is 13.1. The SMILES string of the molecule is C=C(NCc1ccccc1)N1C(CN(C)CCC(c2ccccc2)c2ccccc2)N(CSC)C(=O)CN1C.CC=O. The Kier molecular flexibility index (Phi) is 13.6. The Labute approximate surface area is 256 Å². The van der Waals surface area contributed by atoms with E-state index in [-0.39, 0.29) is 12.1 Å². The normalized spacial score (nSPS) is 15.4. The lowest BCUT2D eigenvalue weighted by molar-refractivity contribution is -0.167. The molecule has 0 saturated carbocycles. The van der Waals surface area contributed by atoms with Gasteiger partial charge < -0.3 is 19.9 Å². The van der Waals surface area contributed by atoms with Crippen molar-refractivity contribution in [3.8, 4) is 0 Å². The number of hydrogen-bond acceptors (Lipinski definition) is 7. The van der Waals surface area contributed by atoms with Crippen LogP contribution in [0.4, 0.5) is 0 Å². The summed E-state index contributed by atoms with van der Waals surface area (Å²) in [7, 11) is 4.12. The van der Waals surface area contributed by atoms with Crippen LogP contribution in [-0.2, 0) is 16.1 Å². The van der Waals surface area contributed by atoms with Crippen LogP contribution in [0.25, 0.3) is 0 Å². The molecule has 1 unspecified atom stereocenters. The summed E-state index contributed by atoms with van der Waals surface area (Å²) in [5, 5.41) is 7.65. The summed E-state index contributed by atoms with van der Waals surface area (Å²) in [6, 6.07) is 31.8. The molecule has 1 atom stereocenters. The van der Waals surface area contributed by atoms with E-state index in [0.717, 1.165) is 25.1 Å². The number of nitrogens with zero attached hydrogens (tertiary/aromatic N) is 4. The van der Waals surface area contributed by atoms with Crippen molar-refractivity contribution in [2.75, 3.05) is 45.9 Å². The van der Waals surface area contributed by atoms with Gasteiger partial charge in [-0.05, 0) is 49.9 Å². The lowest BCUT2D eigenvalue weighted by Gasteiger charge is -2.50. The minimum absolute atomic E-state index is 0.142. The highest BCUT2D eigenvalue weighted by Crippen LogP contribution is 2.28. The number of aldehydes is 1. The molecule has 1 N–H and O–H groups in total. The van der Waals surface area contributed by atoms with E-state index in [4.69, 9.17) is 4.79 Å². The summed E-state index contributed by atoms with van der Waals surface area (Å²) in [5.74, 6) is 1.89. The third kappa shape index (κ3) is 9.48. The fourth-order valence-corrected chi connectivity index (χ4v) is 5.84. The van der Waals surface area contributed by atoms with E-state index in [1.54, 1.807) is 11.8 Å². The molecule has 224 valence electrons. The number of nitrogens with one attached hydrogen (secondary N) is 1. The van der Waals surface area contributed by atoms with E-state index in [0.29, 0.717) is 31.4 Å². The molecule has 3 aromatic carbocycles. The molecule has 42 heavy (non-hydrogen) atoms. The number of benzene rings is 3. The zero-order valence-corrected chi connectivity index (χ0v) is 26.2. The van der Waals surface area contributed by atoms with E-state index >= 15 is 0 Å². The summed E-state index contributed by atoms with van der Waals surface area (Å²) in [6.45, 7) is 8.44. The van der Waals surface area contributed by atoms with Gasteiger partial charge in [-0.25, -0.2) is 5.01 Å². The maximum atomic E-state index is 13.1. The van der Waals surface area contributed by atoms with Crippen LogP contribution in [-0.4, -0.2) is 84.0 Å². The Morgan fingerprint density at radius 1 is 1.02 bits per heavy atom. The van der Waals surface area contributed by atoms with E-state index < -0.39 is 0 Å². The first-order valence-corrected chi connectivity index (χ1v) is 15.7. The van der Waals surface area contributed by atoms with Gasteiger partial charge in [-0.15, -0.1) is 11.8 Å². The number of carbonyl (C=O) groups is 2. The van der Waals surface area contributed by atoms with Crippen LogP contribution in [0.3, 0.4) is 0 Å². The maximum Gasteiger partial charge on any atom is 0.241 e. The quantitative estimate of drug-likeness (QED) is 0.274. The van der Waals surface area contributed by atoms with Crippen LogP contribution >= 0.6 is 11.8 Å². The number of likely N-dealkylation sites (N-methyl/N-ethyl adjacent to an activating group) is 2. The lowest BCUT2D eigenvalue weighted by Crippen LogP contribution is -2.67. The number of hydrazine groups is 1. The lowest BCUT2D eigenvalue weighted by atomic mass is 9.88. The predicted octanol–water partition coefficient (Wildman–Crippen LogP) is 5.24. The second kappa shape index (κ2) is 17.4. The standard InChI is InChI=1S/C32H41N5OS.C2H4O/c1-26(33-22-27-14-8-5-9-15-27)37-31(36(25-39-4)32(38)24-35(37)3)23-34(2)21-20-30(28-16-10-6-11-17-28)29-18-12-7-13-19-29;1-2-3/h5-19,30-31,33H,1,20-25H2,2-4H3;2H,1H3. The minimum Gasteiger partial charge on any atom is -0.367 e. The molecule has 0 aromatic heterocycles. The summed E-state index contributed by atoms with van der Waals surface area (Å²) in [6.07, 6.45) is 3.62. The Hall–Kier alpha value is -3.59. The van der Waals surface area contributed by atoms with Gasteiger partial charge in [0.1, 0.15) is 18.3 Å². The van der Waals surface area contributed by atoms with Gasteiger partial charge in [-0.1, -0.05) is 97.6 Å². The van der Waals surface area contributed by atoms with Gasteiger partial charge in [0, 0.05) is 26.1 Å². The average Bonchev–Trinajstić information content (AvgIpc) is 3.00. The summed E-state index contributed by atoms with van der Waals surface area (Å²) in [5.41, 5.74) is 3.85. The fraction of sp³-hybridized carbons (Fsp3) is 0.353. The van der Waals surface area contributed by atoms with Crippen molar-refractivity contribution in [1.82, 2.24) is 25.1 Å². The Bertz CT molecular complexity index is 1190. The second-order valence-corrected chi connectivity index (χ2v) is 11.2. The molecule has 0 radical (unpaired) electrons. The third-order valence-electron chi connectivity index (χ3n) is 7.26. The third-order valence-corrected chi connectivity index (χ3v) is 7.79. The van der Waals surface area contributed by atoms with Gasteiger partial charge in [-0.3, -0.25) is 9.80 Å². The molecule has 1 aliphatic heterocycles. The number of rotatable bonds is 13. The van der Waals surface area contributed by atoms with Crippen molar-refractivity contribution in [2.45, 2.75) is 32.0 Å². The van der Waals surface area contributed by atoms with Crippen molar-refractivity contribution in [1.29, 1.82) is 0 Å². The van der Waals surface area contributed by atoms with Crippen molar-refractivity contribution in [3.05, 3.63) is 120 Å². The van der Waals surface area contributed by atoms with Gasteiger partial charge in [0.05, 0.1) is 12.4 Å². The highest BCUT2D eigenvalue weighted by Gasteiger charge is 2.38. The number of amides is 1. The molecule has 1 amide bonds. The number of thioether (sulfide) groups is 1. The van der Waals surface area contributed by atoms with Gasteiger partial charge in [0.25, 0.3) is 0 Å². The monoisotopic (exact) mass is 587 g/mol. The molecular formula is C34H45N5O2S. The largest absolute Gasteiger partial charge is 0.367 e. The molecule has 1 fully saturated rings. The van der Waals surface area contributed by atoms with Gasteiger partial charge in [0.2, 0.25) is 5.91 Å². The van der Waals surface area contributed by atoms with Gasteiger partial charge in [0.15, 0.2) is 0 Å². The van der Waals surface area contributed by atoms with Crippen LogP contribution in [0.1, 0.15) is 36.0 Å². The first-order valence-electron chi connectivity index (χ1n) is 14.3. The van der Waals surface area contributed by atoms with E-state index in [9.17, 15) is 4.79 Å². The highest BCUT2D eigenvalue weighted by atomic mass is 32.2. The molecule has 3 aromatic rings. The molecule has 1 aliphatic rings. The van der Waals surface area contributed by atoms with Crippen molar-refractivity contribution < 1.29 is 9.59 Å². The van der Waals surface area contributed by atoms with Gasteiger partial charge >= 0.3 is 0 Å². The molecule has 8 heteroatoms. The molecule has 7 nitrogen and oxygen atoms in total. The molecule has 0 bridgehead atoms. The predicted molar refractivity (Wildman–Crippen MR) is 174 cm³/mol. The van der Waals surface area contributed by atoms with E-state index in [2.05, 4.69) is 102 Å². The minimum atomic E-state index is -0.156. The first kappa shape index (κ1) is 32.9. The summed E-state index contributed by atoms with van der Waals surface area (Å²) in [4.78, 5) is 26.3. The molecule has 1 saturated heterocycles. The number of hydrogen-bond donors (Lipinski definition) is 1. The van der Waals surface area contributed by atoms with Crippen molar-refractivity contribution in [3.63, 3.8) is 0 Å². The topological polar surface area (TPSA) is 59.1 Å². The molecule has 1 heterocycles. The van der Waals surface area contributed by atoms with Crippen molar-refractivity contribution >= 4 is 24.0 Å². The smallest absolute Gasteiger partial charge is 0.241 e. The zero-order valence-electron chi connectivity index (χ0n) is 25.4.